The fourth-order valence-corrected chi connectivity index (χ4v) is 9.71. The molecule has 1 fully saturated rings. The molecule has 388 valence electrons. The predicted molar refractivity (Wildman–Crippen MR) is 268 cm³/mol. The number of alkyl halides is 5. The minimum absolute atomic E-state index is 0.0551. The fraction of sp³-hybridized carbons (Fsp3) is 0.340. The third-order valence-electron chi connectivity index (χ3n) is 13.2. The van der Waals surface area contributed by atoms with Gasteiger partial charge in [0.25, 0.3) is 5.92 Å². The van der Waals surface area contributed by atoms with E-state index in [0.717, 1.165) is 16.7 Å². The summed E-state index contributed by atoms with van der Waals surface area (Å²) in [7, 11) is 6.19. The van der Waals surface area contributed by atoms with E-state index in [9.17, 15) is 8.78 Å². The van der Waals surface area contributed by atoms with Crippen molar-refractivity contribution in [3.63, 3.8) is 0 Å². The monoisotopic (exact) mass is 1040 g/mol. The van der Waals surface area contributed by atoms with Crippen molar-refractivity contribution >= 4 is 40.0 Å². The quantitative estimate of drug-likeness (QED) is 0.0868. The molecule has 0 amide bonds. The molecule has 0 bridgehead atoms. The largest absolute Gasteiger partial charge is 0.497 e. The zero-order chi connectivity index (χ0) is 52.5. The molecule has 2 aliphatic heterocycles. The van der Waals surface area contributed by atoms with Gasteiger partial charge in [-0.05, 0) is 91.7 Å². The van der Waals surface area contributed by atoms with Gasteiger partial charge in [-0.3, -0.25) is 4.90 Å². The third kappa shape index (κ3) is 10.8. The second-order valence-electron chi connectivity index (χ2n) is 18.2. The van der Waals surface area contributed by atoms with Gasteiger partial charge in [-0.25, -0.2) is 18.2 Å². The maximum absolute atomic E-state index is 18.2. The van der Waals surface area contributed by atoms with Crippen molar-refractivity contribution in [2.45, 2.75) is 64.1 Å². The van der Waals surface area contributed by atoms with Crippen LogP contribution in [0, 0.1) is 12.7 Å². The Morgan fingerprint density at radius 1 is 0.878 bits per heavy atom. The van der Waals surface area contributed by atoms with Gasteiger partial charge in [-0.15, -0.1) is 5.10 Å². The van der Waals surface area contributed by atoms with E-state index in [1.54, 1.807) is 47.2 Å². The number of methoxy groups -OCH3 is 3. The van der Waals surface area contributed by atoms with Crippen LogP contribution in [0.3, 0.4) is 0 Å². The molecule has 0 aliphatic carbocycles. The van der Waals surface area contributed by atoms with Crippen molar-refractivity contribution in [2.75, 3.05) is 69.8 Å². The first-order valence-corrected chi connectivity index (χ1v) is 23.9. The van der Waals surface area contributed by atoms with Crippen molar-refractivity contribution in [1.82, 2.24) is 30.0 Å². The highest BCUT2D eigenvalue weighted by molar-refractivity contribution is 6.36. The summed E-state index contributed by atoms with van der Waals surface area (Å²) >= 11 is 7.22. The number of nitrogens with one attached hydrogen (secondary N) is 1. The second kappa shape index (κ2) is 21.3. The lowest BCUT2D eigenvalue weighted by atomic mass is 9.98. The maximum atomic E-state index is 18.2. The number of nitrogens with zero attached hydrogens (tertiary/aromatic N) is 8. The summed E-state index contributed by atoms with van der Waals surface area (Å²) in [5.41, 5.74) is -0.424. The molecule has 74 heavy (non-hydrogen) atoms. The molecular weight excluding hydrogens is 992 g/mol. The molecule has 1 N–H and O–H groups in total. The molecule has 21 heteroatoms. The topological polar surface area (TPSA) is 132 Å². The van der Waals surface area contributed by atoms with Crippen LogP contribution < -0.4 is 38.8 Å². The summed E-state index contributed by atoms with van der Waals surface area (Å²) < 4.78 is 122. The Morgan fingerprint density at radius 3 is 2.05 bits per heavy atom. The smallest absolute Gasteiger partial charge is 0.418 e. The molecule has 0 spiro atoms. The number of rotatable bonds is 17. The summed E-state index contributed by atoms with van der Waals surface area (Å²) in [4.78, 5) is 18.9. The van der Waals surface area contributed by atoms with E-state index in [2.05, 4.69) is 25.5 Å². The third-order valence-corrected chi connectivity index (χ3v) is 13.6. The minimum atomic E-state index is -5.06. The van der Waals surface area contributed by atoms with Gasteiger partial charge < -0.3 is 38.8 Å². The molecule has 2 atom stereocenters. The highest BCUT2D eigenvalue weighted by Gasteiger charge is 2.44. The first-order chi connectivity index (χ1) is 35.4. The number of anilines is 3. The number of hydrogen-bond donors (Lipinski definition) is 1. The van der Waals surface area contributed by atoms with Crippen LogP contribution in [0.25, 0.3) is 22.2 Å². The van der Waals surface area contributed by atoms with Crippen molar-refractivity contribution in [3.05, 3.63) is 135 Å². The lowest BCUT2D eigenvalue weighted by molar-refractivity contribution is -0.137. The standard InChI is InChI=1S/C53H52ClF6N9O5/c1-30-23-40(68(26-33-9-15-37(71-5)16-10-33)27-34-11-17-38(72-6)18-12-34)63-46(43(30)53(58,59)60)41-44(54)48-42-47(45(41)55)64-51(74-28-35-24-52(56,57)29-67(35)3)65-50(42)69(21-22-73-48)31(2)39-19-20-62-66-49(39)61-25-32-7-13-36(70-4)14-8-32/h7-20,23,31,35H,21-22,24-29H2,1-6H3,(H,61,66)/t31-,35+/m1/s1. The van der Waals surface area contributed by atoms with Crippen LogP contribution in [0.2, 0.25) is 5.02 Å². The zero-order valence-electron chi connectivity index (χ0n) is 41.2. The second-order valence-corrected chi connectivity index (χ2v) is 18.5. The first kappa shape index (κ1) is 51.6. The van der Waals surface area contributed by atoms with Crippen LogP contribution >= 0.6 is 11.6 Å². The summed E-state index contributed by atoms with van der Waals surface area (Å²) in [6, 6.07) is 23.1. The number of aryl methyl sites for hydroxylation is 1. The van der Waals surface area contributed by atoms with Crippen LogP contribution in [0.4, 0.5) is 43.8 Å². The molecule has 2 aliphatic rings. The van der Waals surface area contributed by atoms with Crippen LogP contribution in [0.1, 0.15) is 52.8 Å². The maximum Gasteiger partial charge on any atom is 0.418 e. The SMILES string of the molecule is COc1ccc(CNc2nnccc2[C@@H](C)N2CCOc3c(Cl)c(-c4nc(N(Cc5ccc(OC)cc5)Cc5ccc(OC)cc5)cc(C)c4C(F)(F)F)c(F)c4nc(OC[C@@H]5CC(F)(F)CN5C)nc2c34)cc1. The van der Waals surface area contributed by atoms with Gasteiger partial charge in [0, 0.05) is 37.7 Å². The molecule has 14 nitrogen and oxygen atoms in total. The van der Waals surface area contributed by atoms with Gasteiger partial charge in [0.05, 0.1) is 73.9 Å². The highest BCUT2D eigenvalue weighted by atomic mass is 35.5. The number of pyridine rings is 1. The van der Waals surface area contributed by atoms with Crippen LogP contribution in [0.5, 0.6) is 29.0 Å². The molecule has 5 heterocycles. The average molecular weight is 1040 g/mol. The van der Waals surface area contributed by atoms with E-state index in [1.165, 1.54) is 45.4 Å². The summed E-state index contributed by atoms with van der Waals surface area (Å²) in [6.07, 6.45) is -4.06. The lowest BCUT2D eigenvalue weighted by Crippen LogP contribution is -2.32. The summed E-state index contributed by atoms with van der Waals surface area (Å²) in [5.74, 6) is -2.01. The van der Waals surface area contributed by atoms with Crippen LogP contribution in [0.15, 0.2) is 91.1 Å². The molecule has 3 aromatic heterocycles. The van der Waals surface area contributed by atoms with Gasteiger partial charge >= 0.3 is 12.2 Å². The molecule has 4 aromatic carbocycles. The number of likely N-dealkylation sites (tertiary alicyclic amines) is 1. The van der Waals surface area contributed by atoms with Crippen molar-refractivity contribution in [3.8, 4) is 40.3 Å². The highest BCUT2D eigenvalue weighted by Crippen LogP contribution is 2.51. The van der Waals surface area contributed by atoms with Crippen LogP contribution in [-0.4, -0.2) is 96.7 Å². The Bertz CT molecular complexity index is 3090. The van der Waals surface area contributed by atoms with E-state index in [4.69, 9.17) is 40.3 Å². The number of benzene rings is 4. The first-order valence-electron chi connectivity index (χ1n) is 23.6. The van der Waals surface area contributed by atoms with E-state index < -0.39 is 76.3 Å². The molecule has 1 saturated heterocycles. The van der Waals surface area contributed by atoms with E-state index in [1.807, 2.05) is 55.5 Å². The number of halogens is 7. The van der Waals surface area contributed by atoms with E-state index in [-0.39, 0.29) is 61.2 Å². The van der Waals surface area contributed by atoms with Crippen molar-refractivity contribution < 1.29 is 50.0 Å². The van der Waals surface area contributed by atoms with Gasteiger partial charge in [0.15, 0.2) is 17.4 Å². The minimum Gasteiger partial charge on any atom is -0.497 e. The Morgan fingerprint density at radius 2 is 1.49 bits per heavy atom. The molecular formula is C53H52ClF6N9O5. The fourth-order valence-electron chi connectivity index (χ4n) is 9.39. The predicted octanol–water partition coefficient (Wildman–Crippen LogP) is 11.1. The van der Waals surface area contributed by atoms with Crippen molar-refractivity contribution in [1.29, 1.82) is 0 Å². The normalized spacial score (nSPS) is 15.9. The Hall–Kier alpha value is -7.32. The Kier molecular flexibility index (Phi) is 14.8. The zero-order valence-corrected chi connectivity index (χ0v) is 42.0. The van der Waals surface area contributed by atoms with E-state index >= 15 is 17.6 Å². The summed E-state index contributed by atoms with van der Waals surface area (Å²) in [5, 5.41) is 11.3. The lowest BCUT2D eigenvalue weighted by Gasteiger charge is -2.31. The molecule has 0 unspecified atom stereocenters. The molecule has 7 aromatic rings. The Balaban J connectivity index is 1.20. The van der Waals surface area contributed by atoms with Crippen LogP contribution in [-0.2, 0) is 25.8 Å². The van der Waals surface area contributed by atoms with E-state index in [0.29, 0.717) is 35.2 Å². The molecule has 9 rings (SSSR count). The summed E-state index contributed by atoms with van der Waals surface area (Å²) in [6.45, 7) is 2.96. The average Bonchev–Trinajstić information content (AvgIpc) is 3.53. The van der Waals surface area contributed by atoms with Crippen molar-refractivity contribution in [2.24, 2.45) is 0 Å². The molecule has 0 radical (unpaired) electrons. The van der Waals surface area contributed by atoms with Gasteiger partial charge in [0.1, 0.15) is 47.6 Å². The molecule has 0 saturated carbocycles. The van der Waals surface area contributed by atoms with Gasteiger partial charge in [0.2, 0.25) is 0 Å². The van der Waals surface area contributed by atoms with Gasteiger partial charge in [-0.1, -0.05) is 48.0 Å². The number of hydrogen-bond acceptors (Lipinski definition) is 14. The van der Waals surface area contributed by atoms with Gasteiger partial charge in [-0.2, -0.15) is 28.2 Å². The Labute approximate surface area is 428 Å². The number of aromatic nitrogens is 5. The number of likely N-dealkylation sites (N-methyl/N-ethyl adjacent to an activating group) is 1. The number of ether oxygens (including phenoxy) is 5.